The zero-order valence-electron chi connectivity index (χ0n) is 34.2. The highest BCUT2D eigenvalue weighted by Gasteiger charge is 2.23. The van der Waals surface area contributed by atoms with Gasteiger partial charge in [0.15, 0.2) is 0 Å². The van der Waals surface area contributed by atoms with Crippen LogP contribution >= 0.6 is 11.6 Å². The Bertz CT molecular complexity index is 2110. The van der Waals surface area contributed by atoms with Crippen LogP contribution in [0.2, 0.25) is 5.28 Å². The molecular formula is C46H60ClN9. The first-order chi connectivity index (χ1) is 27.1. The van der Waals surface area contributed by atoms with Crippen molar-refractivity contribution in [2.24, 2.45) is 5.73 Å². The van der Waals surface area contributed by atoms with Crippen LogP contribution in [0.25, 0.3) is 21.5 Å². The zero-order chi connectivity index (χ0) is 40.0. The van der Waals surface area contributed by atoms with Crippen LogP contribution in [-0.4, -0.2) is 55.5 Å². The molecule has 0 aliphatic heterocycles. The predicted molar refractivity (Wildman–Crippen MR) is 238 cm³/mol. The van der Waals surface area contributed by atoms with Gasteiger partial charge in [0.25, 0.3) is 0 Å². The topological polar surface area (TPSA) is 117 Å². The molecule has 2 aromatic heterocycles. The van der Waals surface area contributed by atoms with Crippen LogP contribution in [0.1, 0.15) is 82.6 Å². The molecule has 2 heterocycles. The maximum atomic E-state index is 5.66. The van der Waals surface area contributed by atoms with Gasteiger partial charge in [-0.05, 0) is 118 Å². The Morgan fingerprint density at radius 3 is 1.66 bits per heavy atom. The van der Waals surface area contributed by atoms with Crippen LogP contribution in [0.5, 0.6) is 0 Å². The van der Waals surface area contributed by atoms with Crippen molar-refractivity contribution >= 4 is 50.7 Å². The number of halogens is 1. The Kier molecular flexibility index (Phi) is 15.8. The van der Waals surface area contributed by atoms with E-state index in [4.69, 9.17) is 17.3 Å². The monoisotopic (exact) mass is 773 g/mol. The van der Waals surface area contributed by atoms with E-state index >= 15 is 0 Å². The van der Waals surface area contributed by atoms with Gasteiger partial charge in [-0.15, -0.1) is 0 Å². The standard InChI is InChI=1S/C19H20N4.C11H11N.C8H10ClN3.C8H19N/c1-13-11-20-19(23-18(13)22-16-9-10-16)21-12-15-7-4-6-14-5-2-3-8-17(14)15;12-8-10-6-3-5-9-4-1-2-7-11(9)10;1-5-4-10-8(9)12-7(5)11-6-2-3-6;1-6-9(7(2)3)8(4)5/h2-8,11,16H,9-10,12H2,1H3,(H2,20,21,22,23);1-7H,8,12H2;4,6H,2-3H2,1H3,(H,10,11,12);7-8H,6H2,1-5H3. The first-order valence-electron chi connectivity index (χ1n) is 20.0. The van der Waals surface area contributed by atoms with Crippen LogP contribution in [0.15, 0.2) is 97.3 Å². The van der Waals surface area contributed by atoms with E-state index in [2.05, 4.69) is 142 Å². The quantitative estimate of drug-likeness (QED) is 0.0955. The fourth-order valence-electron chi connectivity index (χ4n) is 6.50. The van der Waals surface area contributed by atoms with Gasteiger partial charge < -0.3 is 21.7 Å². The summed E-state index contributed by atoms with van der Waals surface area (Å²) in [6, 6.07) is 31.9. The van der Waals surface area contributed by atoms with Gasteiger partial charge in [-0.1, -0.05) is 91.9 Å². The van der Waals surface area contributed by atoms with Crippen molar-refractivity contribution in [1.29, 1.82) is 0 Å². The van der Waals surface area contributed by atoms with E-state index < -0.39 is 0 Å². The van der Waals surface area contributed by atoms with E-state index in [9.17, 15) is 0 Å². The molecule has 56 heavy (non-hydrogen) atoms. The van der Waals surface area contributed by atoms with Crippen molar-refractivity contribution in [3.05, 3.63) is 125 Å². The lowest BCUT2D eigenvalue weighted by Gasteiger charge is -2.28. The zero-order valence-corrected chi connectivity index (χ0v) is 34.9. The number of fused-ring (bicyclic) bond motifs is 2. The van der Waals surface area contributed by atoms with Crippen molar-refractivity contribution in [2.75, 3.05) is 22.5 Å². The van der Waals surface area contributed by atoms with Gasteiger partial charge in [0, 0.05) is 60.8 Å². The molecule has 8 rings (SSSR count). The van der Waals surface area contributed by atoms with E-state index in [1.807, 2.05) is 38.2 Å². The number of hydrogen-bond donors (Lipinski definition) is 4. The van der Waals surface area contributed by atoms with Gasteiger partial charge >= 0.3 is 0 Å². The molecule has 2 aliphatic rings. The average Bonchev–Trinajstić information content (AvgIpc) is 4.15. The molecule has 0 spiro atoms. The second-order valence-electron chi connectivity index (χ2n) is 15.1. The van der Waals surface area contributed by atoms with Crippen molar-refractivity contribution in [1.82, 2.24) is 24.8 Å². The van der Waals surface area contributed by atoms with E-state index in [0.29, 0.717) is 48.5 Å². The number of rotatable bonds is 11. The minimum atomic E-state index is 0.309. The maximum absolute atomic E-state index is 5.66. The van der Waals surface area contributed by atoms with Gasteiger partial charge in [-0.3, -0.25) is 4.90 Å². The minimum absolute atomic E-state index is 0.309. The Hall–Kier alpha value is -4.83. The number of aromatic nitrogens is 4. The van der Waals surface area contributed by atoms with Crippen molar-refractivity contribution < 1.29 is 0 Å². The summed E-state index contributed by atoms with van der Waals surface area (Å²) in [5, 5.41) is 15.5. The number of nitrogens with zero attached hydrogens (tertiary/aromatic N) is 5. The normalized spacial score (nSPS) is 13.4. The molecule has 0 radical (unpaired) electrons. The van der Waals surface area contributed by atoms with Gasteiger partial charge in [0.1, 0.15) is 11.6 Å². The Morgan fingerprint density at radius 1 is 0.679 bits per heavy atom. The molecule has 0 bridgehead atoms. The molecule has 10 heteroatoms. The minimum Gasteiger partial charge on any atom is -0.367 e. The first kappa shape index (κ1) is 42.3. The summed E-state index contributed by atoms with van der Waals surface area (Å²) >= 11 is 5.66. The van der Waals surface area contributed by atoms with Gasteiger partial charge in [-0.2, -0.15) is 4.98 Å². The fraction of sp³-hybridized carbons (Fsp3) is 0.391. The lowest BCUT2D eigenvalue weighted by atomic mass is 10.0. The summed E-state index contributed by atoms with van der Waals surface area (Å²) in [6.45, 7) is 17.7. The number of nitrogens with one attached hydrogen (secondary N) is 3. The smallest absolute Gasteiger partial charge is 0.224 e. The molecule has 0 unspecified atom stereocenters. The van der Waals surface area contributed by atoms with Crippen molar-refractivity contribution in [3.8, 4) is 0 Å². The van der Waals surface area contributed by atoms with Crippen LogP contribution in [0.4, 0.5) is 17.6 Å². The second-order valence-corrected chi connectivity index (χ2v) is 15.4. The summed E-state index contributed by atoms with van der Waals surface area (Å²) in [4.78, 5) is 19.4. The van der Waals surface area contributed by atoms with Gasteiger partial charge in [0.2, 0.25) is 11.2 Å². The SMILES string of the molecule is CCN(C(C)C)C(C)C.Cc1cnc(Cl)nc1NC1CC1.Cc1cnc(NCc2cccc3ccccc23)nc1NC1CC1.NCc1cccc2ccccc12. The summed E-state index contributed by atoms with van der Waals surface area (Å²) < 4.78 is 0. The molecule has 9 nitrogen and oxygen atoms in total. The number of hydrogen-bond acceptors (Lipinski definition) is 9. The highest BCUT2D eigenvalue weighted by Crippen LogP contribution is 2.27. The lowest BCUT2D eigenvalue weighted by Crippen LogP contribution is -2.36. The van der Waals surface area contributed by atoms with Gasteiger partial charge in [-0.25, -0.2) is 15.0 Å². The summed E-state index contributed by atoms with van der Waals surface area (Å²) in [6.07, 6.45) is 8.57. The Morgan fingerprint density at radius 2 is 1.16 bits per heavy atom. The van der Waals surface area contributed by atoms with Gasteiger partial charge in [0.05, 0.1) is 0 Å². The number of benzene rings is 4. The van der Waals surface area contributed by atoms with Crippen molar-refractivity contribution in [2.45, 2.75) is 111 Å². The largest absolute Gasteiger partial charge is 0.367 e. The Balaban J connectivity index is 0.000000155. The summed E-state index contributed by atoms with van der Waals surface area (Å²) in [7, 11) is 0. The summed E-state index contributed by atoms with van der Waals surface area (Å²) in [5.74, 6) is 2.49. The average molecular weight is 775 g/mol. The molecule has 2 aliphatic carbocycles. The third-order valence-electron chi connectivity index (χ3n) is 9.86. The van der Waals surface area contributed by atoms with E-state index in [1.54, 1.807) is 6.20 Å². The highest BCUT2D eigenvalue weighted by atomic mass is 35.5. The third-order valence-corrected chi connectivity index (χ3v) is 10.0. The molecule has 0 atom stereocenters. The van der Waals surface area contributed by atoms with Crippen LogP contribution in [0, 0.1) is 13.8 Å². The number of nitrogens with two attached hydrogens (primary N) is 1. The van der Waals surface area contributed by atoms with E-state index in [0.717, 1.165) is 29.3 Å². The Labute approximate surface area is 338 Å². The third kappa shape index (κ3) is 12.9. The highest BCUT2D eigenvalue weighted by molar-refractivity contribution is 6.28. The van der Waals surface area contributed by atoms with Crippen LogP contribution < -0.4 is 21.7 Å². The molecule has 6 aromatic rings. The molecule has 2 fully saturated rings. The molecular weight excluding hydrogens is 714 g/mol. The predicted octanol–water partition coefficient (Wildman–Crippen LogP) is 10.6. The molecule has 4 aromatic carbocycles. The summed E-state index contributed by atoms with van der Waals surface area (Å²) in [5.41, 5.74) is 10.2. The van der Waals surface area contributed by atoms with Crippen LogP contribution in [-0.2, 0) is 13.1 Å². The number of anilines is 3. The first-order valence-corrected chi connectivity index (χ1v) is 20.4. The molecule has 2 saturated carbocycles. The van der Waals surface area contributed by atoms with E-state index in [1.165, 1.54) is 58.4 Å². The molecule has 0 amide bonds. The molecule has 0 saturated heterocycles. The second kappa shape index (κ2) is 20.9. The molecule has 296 valence electrons. The molecule has 5 N–H and O–H groups in total. The number of aryl methyl sites for hydroxylation is 2. The maximum Gasteiger partial charge on any atom is 0.224 e. The fourth-order valence-corrected chi connectivity index (χ4v) is 6.63. The van der Waals surface area contributed by atoms with Crippen LogP contribution in [0.3, 0.4) is 0 Å². The van der Waals surface area contributed by atoms with Crippen molar-refractivity contribution in [3.63, 3.8) is 0 Å². The van der Waals surface area contributed by atoms with E-state index in [-0.39, 0.29) is 0 Å². The lowest BCUT2D eigenvalue weighted by molar-refractivity contribution is 0.185.